The van der Waals surface area contributed by atoms with E-state index >= 15 is 0 Å². The van der Waals surface area contributed by atoms with Crippen LogP contribution in [0, 0.1) is 11.8 Å². The maximum absolute atomic E-state index is 3.77. The topological polar surface area (TPSA) is 15.3 Å². The maximum Gasteiger partial charge on any atom is 0.0195 e. The number of nitrogens with one attached hydrogen (secondary N) is 1. The first-order chi connectivity index (χ1) is 9.75. The Hall–Kier alpha value is -0.0800. The van der Waals surface area contributed by atoms with Gasteiger partial charge < -0.3 is 5.32 Å². The van der Waals surface area contributed by atoms with Crippen LogP contribution in [0.3, 0.4) is 0 Å². The molecule has 1 heterocycles. The molecule has 0 bridgehead atoms. The van der Waals surface area contributed by atoms with Crippen LogP contribution in [0.2, 0.25) is 0 Å². The van der Waals surface area contributed by atoms with Crippen LogP contribution in [0.1, 0.15) is 71.6 Å². The molecule has 0 radical (unpaired) electrons. The fourth-order valence-electron chi connectivity index (χ4n) is 4.63. The highest BCUT2D eigenvalue weighted by atomic mass is 15.2. The molecule has 3 rings (SSSR count). The average Bonchev–Trinajstić information content (AvgIpc) is 3.30. The number of piperidine rings is 1. The number of rotatable bonds is 5. The highest BCUT2D eigenvalue weighted by Gasteiger charge is 2.40. The van der Waals surface area contributed by atoms with Gasteiger partial charge in [-0.15, -0.1) is 0 Å². The Morgan fingerprint density at radius 3 is 2.35 bits per heavy atom. The fourth-order valence-corrected chi connectivity index (χ4v) is 4.63. The predicted molar refractivity (Wildman–Crippen MR) is 86.0 cm³/mol. The van der Waals surface area contributed by atoms with E-state index in [1.54, 1.807) is 0 Å². The largest absolute Gasteiger partial charge is 0.313 e. The van der Waals surface area contributed by atoms with E-state index < -0.39 is 0 Å². The van der Waals surface area contributed by atoms with Gasteiger partial charge in [-0.2, -0.15) is 0 Å². The maximum atomic E-state index is 3.77. The van der Waals surface area contributed by atoms with Crippen LogP contribution in [0.5, 0.6) is 0 Å². The first-order valence-electron chi connectivity index (χ1n) is 9.25. The van der Waals surface area contributed by atoms with Gasteiger partial charge in [0, 0.05) is 24.7 Å². The first-order valence-corrected chi connectivity index (χ1v) is 9.25. The third-order valence-corrected chi connectivity index (χ3v) is 5.92. The molecule has 1 saturated heterocycles. The molecule has 0 amide bonds. The second-order valence-electron chi connectivity index (χ2n) is 7.83. The summed E-state index contributed by atoms with van der Waals surface area (Å²) in [5.41, 5.74) is 0. The lowest BCUT2D eigenvalue weighted by Gasteiger charge is -2.44. The molecule has 2 saturated carbocycles. The van der Waals surface area contributed by atoms with Crippen molar-refractivity contribution in [1.82, 2.24) is 10.2 Å². The van der Waals surface area contributed by atoms with Gasteiger partial charge in [-0.3, -0.25) is 4.90 Å². The van der Waals surface area contributed by atoms with Gasteiger partial charge in [-0.25, -0.2) is 0 Å². The van der Waals surface area contributed by atoms with E-state index in [0.29, 0.717) is 0 Å². The Labute approximate surface area is 125 Å². The lowest BCUT2D eigenvalue weighted by Crippen LogP contribution is -2.51. The van der Waals surface area contributed by atoms with Crippen molar-refractivity contribution in [3.05, 3.63) is 0 Å². The van der Waals surface area contributed by atoms with Crippen LogP contribution < -0.4 is 5.32 Å². The van der Waals surface area contributed by atoms with Crippen molar-refractivity contribution in [2.75, 3.05) is 13.1 Å². The lowest BCUT2D eigenvalue weighted by atomic mass is 9.77. The molecular weight excluding hydrogens is 244 g/mol. The molecule has 116 valence electrons. The van der Waals surface area contributed by atoms with Crippen LogP contribution in [-0.4, -0.2) is 36.1 Å². The van der Waals surface area contributed by atoms with Crippen molar-refractivity contribution in [2.45, 2.75) is 89.8 Å². The molecule has 3 unspecified atom stereocenters. The van der Waals surface area contributed by atoms with Crippen molar-refractivity contribution in [3.63, 3.8) is 0 Å². The van der Waals surface area contributed by atoms with E-state index in [2.05, 4.69) is 24.1 Å². The second-order valence-corrected chi connectivity index (χ2v) is 7.83. The van der Waals surface area contributed by atoms with Gasteiger partial charge in [-0.1, -0.05) is 33.1 Å². The molecule has 2 aliphatic carbocycles. The fraction of sp³-hybridized carbons (Fsp3) is 1.00. The summed E-state index contributed by atoms with van der Waals surface area (Å²) in [6.45, 7) is 7.49. The molecule has 3 atom stereocenters. The zero-order chi connectivity index (χ0) is 13.9. The summed E-state index contributed by atoms with van der Waals surface area (Å²) >= 11 is 0. The van der Waals surface area contributed by atoms with Crippen molar-refractivity contribution >= 4 is 0 Å². The predicted octanol–water partition coefficient (Wildman–Crippen LogP) is 3.81. The molecule has 1 aliphatic heterocycles. The van der Waals surface area contributed by atoms with Crippen molar-refractivity contribution in [3.8, 4) is 0 Å². The van der Waals surface area contributed by atoms with Gasteiger partial charge in [0.25, 0.3) is 0 Å². The Morgan fingerprint density at radius 1 is 0.950 bits per heavy atom. The van der Waals surface area contributed by atoms with Gasteiger partial charge in [0.1, 0.15) is 0 Å². The molecule has 20 heavy (non-hydrogen) atoms. The van der Waals surface area contributed by atoms with E-state index in [4.69, 9.17) is 0 Å². The summed E-state index contributed by atoms with van der Waals surface area (Å²) in [5.74, 6) is 1.81. The summed E-state index contributed by atoms with van der Waals surface area (Å²) in [4.78, 5) is 2.95. The van der Waals surface area contributed by atoms with Gasteiger partial charge in [0.05, 0.1) is 0 Å². The summed E-state index contributed by atoms with van der Waals surface area (Å²) in [5, 5.41) is 3.77. The van der Waals surface area contributed by atoms with Crippen molar-refractivity contribution in [2.24, 2.45) is 11.8 Å². The van der Waals surface area contributed by atoms with E-state index in [0.717, 1.165) is 30.0 Å². The molecule has 0 aromatic carbocycles. The van der Waals surface area contributed by atoms with Crippen LogP contribution in [0.25, 0.3) is 0 Å². The molecule has 0 spiro atoms. The highest BCUT2D eigenvalue weighted by Crippen LogP contribution is 2.39. The van der Waals surface area contributed by atoms with Crippen molar-refractivity contribution in [1.29, 1.82) is 0 Å². The molecule has 0 aromatic heterocycles. The molecule has 3 fully saturated rings. The zero-order valence-corrected chi connectivity index (χ0v) is 13.6. The number of hydrogen-bond donors (Lipinski definition) is 1. The Kier molecular flexibility index (Phi) is 5.04. The normalized spacial score (nSPS) is 35.7. The van der Waals surface area contributed by atoms with Gasteiger partial charge in [0.2, 0.25) is 0 Å². The van der Waals surface area contributed by atoms with E-state index in [1.165, 1.54) is 70.9 Å². The molecule has 2 heteroatoms. The lowest BCUT2D eigenvalue weighted by molar-refractivity contribution is 0.0607. The van der Waals surface area contributed by atoms with Gasteiger partial charge in [-0.05, 0) is 56.9 Å². The van der Waals surface area contributed by atoms with Gasteiger partial charge >= 0.3 is 0 Å². The number of hydrogen-bond acceptors (Lipinski definition) is 2. The van der Waals surface area contributed by atoms with E-state index in [9.17, 15) is 0 Å². The summed E-state index contributed by atoms with van der Waals surface area (Å²) in [6, 6.07) is 2.60. The van der Waals surface area contributed by atoms with Crippen LogP contribution in [0.15, 0.2) is 0 Å². The summed E-state index contributed by atoms with van der Waals surface area (Å²) < 4.78 is 0. The SMILES string of the molecule is CC(C)C1CCCCC1N(CC1CCCCN1)C1CC1. The van der Waals surface area contributed by atoms with Crippen molar-refractivity contribution < 1.29 is 0 Å². The standard InChI is InChI=1S/C18H34N2/c1-14(2)17-8-3-4-9-18(17)20(16-10-11-16)13-15-7-5-6-12-19-15/h14-19H,3-13H2,1-2H3. The molecule has 3 aliphatic rings. The molecule has 0 aromatic rings. The summed E-state index contributed by atoms with van der Waals surface area (Å²) in [6.07, 6.45) is 13.0. The van der Waals surface area contributed by atoms with Crippen LogP contribution in [0.4, 0.5) is 0 Å². The third-order valence-electron chi connectivity index (χ3n) is 5.92. The van der Waals surface area contributed by atoms with E-state index in [1.807, 2.05) is 0 Å². The quantitative estimate of drug-likeness (QED) is 0.822. The first kappa shape index (κ1) is 14.8. The monoisotopic (exact) mass is 278 g/mol. The van der Waals surface area contributed by atoms with Gasteiger partial charge in [0.15, 0.2) is 0 Å². The minimum absolute atomic E-state index is 0.777. The zero-order valence-electron chi connectivity index (χ0n) is 13.6. The minimum atomic E-state index is 0.777. The molecule has 1 N–H and O–H groups in total. The number of nitrogens with zero attached hydrogens (tertiary/aromatic N) is 1. The minimum Gasteiger partial charge on any atom is -0.313 e. The second kappa shape index (κ2) is 6.79. The summed E-state index contributed by atoms with van der Waals surface area (Å²) in [7, 11) is 0. The Balaban J connectivity index is 1.65. The average molecular weight is 278 g/mol. The van der Waals surface area contributed by atoms with Crippen LogP contribution in [-0.2, 0) is 0 Å². The Morgan fingerprint density at radius 2 is 1.70 bits per heavy atom. The molecule has 2 nitrogen and oxygen atoms in total. The smallest absolute Gasteiger partial charge is 0.0195 e. The highest BCUT2D eigenvalue weighted by molar-refractivity contribution is 4.95. The van der Waals surface area contributed by atoms with E-state index in [-0.39, 0.29) is 0 Å². The van der Waals surface area contributed by atoms with Crippen LogP contribution >= 0.6 is 0 Å². The third kappa shape index (κ3) is 3.57. The Bertz CT molecular complexity index is 292. The molecular formula is C18H34N2.